The number of hydrogen-bond acceptors (Lipinski definition) is 2. The second kappa shape index (κ2) is 6.64. The van der Waals surface area contributed by atoms with Gasteiger partial charge in [-0.15, -0.1) is 11.8 Å². The Morgan fingerprint density at radius 1 is 1.21 bits per heavy atom. The van der Waals surface area contributed by atoms with E-state index in [0.717, 1.165) is 10.6 Å². The highest BCUT2D eigenvalue weighted by Crippen LogP contribution is 2.23. The lowest BCUT2D eigenvalue weighted by atomic mass is 10.3. The molecule has 98 valence electrons. The molecule has 0 radical (unpaired) electrons. The molecule has 0 aliphatic carbocycles. The van der Waals surface area contributed by atoms with Crippen LogP contribution in [0.4, 0.5) is 10.1 Å². The summed E-state index contributed by atoms with van der Waals surface area (Å²) in [6.07, 6.45) is 0. The monoisotopic (exact) mass is 293 g/mol. The first-order valence-electron chi connectivity index (χ1n) is 5.72. The van der Waals surface area contributed by atoms with E-state index in [2.05, 4.69) is 11.9 Å². The van der Waals surface area contributed by atoms with E-state index in [1.165, 1.54) is 12.1 Å². The average molecular weight is 294 g/mol. The number of benzene rings is 2. The Balaban J connectivity index is 1.88. The van der Waals surface area contributed by atoms with Crippen molar-refractivity contribution in [2.45, 2.75) is 4.90 Å². The molecular weight excluding hydrogens is 281 g/mol. The minimum absolute atomic E-state index is 0.264. The van der Waals surface area contributed by atoms with Gasteiger partial charge in [-0.1, -0.05) is 30.3 Å². The lowest BCUT2D eigenvalue weighted by Crippen LogP contribution is -2.00. The molecule has 0 heterocycles. The van der Waals surface area contributed by atoms with E-state index in [9.17, 15) is 4.39 Å². The van der Waals surface area contributed by atoms with Crippen LogP contribution in [0.2, 0.25) is 5.02 Å². The van der Waals surface area contributed by atoms with Gasteiger partial charge in [0.1, 0.15) is 5.82 Å². The minimum atomic E-state index is -0.264. The van der Waals surface area contributed by atoms with Crippen LogP contribution in [0.5, 0.6) is 0 Å². The lowest BCUT2D eigenvalue weighted by Gasteiger charge is -2.09. The second-order valence-electron chi connectivity index (χ2n) is 3.98. The summed E-state index contributed by atoms with van der Waals surface area (Å²) in [5, 5.41) is 3.80. The fraction of sp³-hybridized carbons (Fsp3) is 0.0667. The fourth-order valence-corrected chi connectivity index (χ4v) is 2.59. The number of anilines is 1. The van der Waals surface area contributed by atoms with Crippen LogP contribution in [-0.2, 0) is 0 Å². The van der Waals surface area contributed by atoms with Gasteiger partial charge in [0.2, 0.25) is 0 Å². The standard InChI is InChI=1S/C15H13ClFNS/c1-11(18-14-6-3-5-13(17)9-14)10-19-15-7-2-4-12(16)8-15/h2-9,18H,1,10H2. The highest BCUT2D eigenvalue weighted by molar-refractivity contribution is 7.99. The third kappa shape index (κ3) is 4.62. The highest BCUT2D eigenvalue weighted by Gasteiger charge is 2.00. The Morgan fingerprint density at radius 3 is 2.74 bits per heavy atom. The molecular formula is C15H13ClFNS. The zero-order valence-corrected chi connectivity index (χ0v) is 11.8. The van der Waals surface area contributed by atoms with Crippen LogP contribution in [0.15, 0.2) is 65.7 Å². The summed E-state index contributed by atoms with van der Waals surface area (Å²) in [7, 11) is 0. The molecule has 2 aromatic carbocycles. The Hall–Kier alpha value is -1.45. The molecule has 0 saturated carbocycles. The normalized spacial score (nSPS) is 10.2. The van der Waals surface area contributed by atoms with Crippen molar-refractivity contribution in [2.24, 2.45) is 0 Å². The number of hydrogen-bond donors (Lipinski definition) is 1. The lowest BCUT2D eigenvalue weighted by molar-refractivity contribution is 0.628. The summed E-state index contributed by atoms with van der Waals surface area (Å²) in [5.74, 6) is 0.428. The SMILES string of the molecule is C=C(CSc1cccc(Cl)c1)Nc1cccc(F)c1. The molecule has 0 bridgehead atoms. The van der Waals surface area contributed by atoms with Gasteiger partial charge in [-0.2, -0.15) is 0 Å². The molecule has 0 spiro atoms. The minimum Gasteiger partial charge on any atom is -0.359 e. The second-order valence-corrected chi connectivity index (χ2v) is 5.47. The Kier molecular flexibility index (Phi) is 4.88. The van der Waals surface area contributed by atoms with Crippen LogP contribution >= 0.6 is 23.4 Å². The van der Waals surface area contributed by atoms with Gasteiger partial charge >= 0.3 is 0 Å². The van der Waals surface area contributed by atoms with Crippen molar-refractivity contribution >= 4 is 29.1 Å². The van der Waals surface area contributed by atoms with Crippen LogP contribution in [0.25, 0.3) is 0 Å². The Labute approximate surface area is 121 Å². The molecule has 2 aromatic rings. The van der Waals surface area contributed by atoms with Gasteiger partial charge in [0.25, 0.3) is 0 Å². The molecule has 2 rings (SSSR count). The van der Waals surface area contributed by atoms with Gasteiger partial charge in [0, 0.05) is 27.1 Å². The van der Waals surface area contributed by atoms with E-state index in [-0.39, 0.29) is 5.82 Å². The Morgan fingerprint density at radius 2 is 2.00 bits per heavy atom. The summed E-state index contributed by atoms with van der Waals surface area (Å²) in [6.45, 7) is 3.93. The molecule has 0 aromatic heterocycles. The molecule has 0 fully saturated rings. The molecule has 0 amide bonds. The molecule has 1 N–H and O–H groups in total. The maximum absolute atomic E-state index is 13.0. The van der Waals surface area contributed by atoms with E-state index in [1.54, 1.807) is 23.9 Å². The molecule has 0 saturated heterocycles. The van der Waals surface area contributed by atoms with Crippen molar-refractivity contribution in [2.75, 3.05) is 11.1 Å². The van der Waals surface area contributed by atoms with E-state index in [4.69, 9.17) is 11.6 Å². The third-order valence-corrected chi connectivity index (χ3v) is 3.67. The summed E-state index contributed by atoms with van der Waals surface area (Å²) < 4.78 is 13.0. The predicted octanol–water partition coefficient (Wildman–Crippen LogP) is 5.20. The quantitative estimate of drug-likeness (QED) is 0.761. The van der Waals surface area contributed by atoms with Crippen molar-refractivity contribution in [3.8, 4) is 0 Å². The zero-order chi connectivity index (χ0) is 13.7. The molecule has 0 unspecified atom stereocenters. The van der Waals surface area contributed by atoms with E-state index in [1.807, 2.05) is 24.3 Å². The molecule has 0 aliphatic heterocycles. The summed E-state index contributed by atoms with van der Waals surface area (Å²) in [4.78, 5) is 1.08. The van der Waals surface area contributed by atoms with Gasteiger partial charge < -0.3 is 5.32 Å². The van der Waals surface area contributed by atoms with Gasteiger partial charge in [-0.3, -0.25) is 0 Å². The smallest absolute Gasteiger partial charge is 0.125 e. The van der Waals surface area contributed by atoms with E-state index < -0.39 is 0 Å². The molecule has 19 heavy (non-hydrogen) atoms. The van der Waals surface area contributed by atoms with Crippen LogP contribution < -0.4 is 5.32 Å². The molecule has 1 nitrogen and oxygen atoms in total. The maximum atomic E-state index is 13.0. The summed E-state index contributed by atoms with van der Waals surface area (Å²) in [5.41, 5.74) is 1.52. The fourth-order valence-electron chi connectivity index (χ4n) is 1.53. The van der Waals surface area contributed by atoms with Crippen molar-refractivity contribution in [1.82, 2.24) is 0 Å². The van der Waals surface area contributed by atoms with Crippen molar-refractivity contribution in [1.29, 1.82) is 0 Å². The van der Waals surface area contributed by atoms with Crippen LogP contribution in [0.1, 0.15) is 0 Å². The van der Waals surface area contributed by atoms with Crippen molar-refractivity contribution < 1.29 is 4.39 Å². The maximum Gasteiger partial charge on any atom is 0.125 e. The first-order valence-corrected chi connectivity index (χ1v) is 7.08. The first-order chi connectivity index (χ1) is 9.13. The molecule has 0 aliphatic rings. The number of halogens is 2. The summed E-state index contributed by atoms with van der Waals surface area (Å²) >= 11 is 7.54. The van der Waals surface area contributed by atoms with Crippen molar-refractivity contribution in [3.63, 3.8) is 0 Å². The van der Waals surface area contributed by atoms with E-state index >= 15 is 0 Å². The molecule has 0 atom stereocenters. The number of rotatable bonds is 5. The number of nitrogens with one attached hydrogen (secondary N) is 1. The van der Waals surface area contributed by atoms with Crippen LogP contribution in [0.3, 0.4) is 0 Å². The Bertz CT molecular complexity index is 586. The topological polar surface area (TPSA) is 12.0 Å². The zero-order valence-electron chi connectivity index (χ0n) is 10.2. The number of thioether (sulfide) groups is 1. The predicted molar refractivity (Wildman–Crippen MR) is 81.3 cm³/mol. The van der Waals surface area contributed by atoms with Crippen LogP contribution in [-0.4, -0.2) is 5.75 Å². The van der Waals surface area contributed by atoms with Gasteiger partial charge in [0.15, 0.2) is 0 Å². The largest absolute Gasteiger partial charge is 0.359 e. The van der Waals surface area contributed by atoms with Crippen molar-refractivity contribution in [3.05, 3.63) is 71.6 Å². The third-order valence-electron chi connectivity index (χ3n) is 2.35. The highest BCUT2D eigenvalue weighted by atomic mass is 35.5. The first kappa shape index (κ1) is 14.0. The molecule has 4 heteroatoms. The van der Waals surface area contributed by atoms with Gasteiger partial charge in [-0.25, -0.2) is 4.39 Å². The summed E-state index contributed by atoms with van der Waals surface area (Å²) in [6, 6.07) is 14.0. The average Bonchev–Trinajstić information content (AvgIpc) is 2.36. The van der Waals surface area contributed by atoms with Gasteiger partial charge in [0.05, 0.1) is 0 Å². The van der Waals surface area contributed by atoms with Gasteiger partial charge in [-0.05, 0) is 36.4 Å². The van der Waals surface area contributed by atoms with E-state index in [0.29, 0.717) is 16.5 Å². The van der Waals surface area contributed by atoms with Crippen LogP contribution in [0, 0.1) is 5.82 Å².